The predicted octanol–water partition coefficient (Wildman–Crippen LogP) is 2.06. The second kappa shape index (κ2) is 4.91. The molecule has 1 heterocycles. The zero-order valence-electron chi connectivity index (χ0n) is 8.62. The summed E-state index contributed by atoms with van der Waals surface area (Å²) in [5, 5.41) is 3.11. The van der Waals surface area contributed by atoms with Crippen LogP contribution in [0.4, 0.5) is 10.1 Å². The van der Waals surface area contributed by atoms with Crippen molar-refractivity contribution in [3.05, 3.63) is 24.3 Å². The molecule has 14 heavy (non-hydrogen) atoms. The summed E-state index contributed by atoms with van der Waals surface area (Å²) in [6.45, 7) is 3.92. The molecule has 0 amide bonds. The smallest absolute Gasteiger partial charge is 0.143 e. The number of hydrogen-bond acceptors (Lipinski definition) is 3. The minimum Gasteiger partial charge on any atom is -0.380 e. The first-order valence-corrected chi connectivity index (χ1v) is 4.53. The summed E-state index contributed by atoms with van der Waals surface area (Å²) in [5.74, 6) is -0.340. The monoisotopic (exact) mass is 198 g/mol. The van der Waals surface area contributed by atoms with Gasteiger partial charge in [-0.3, -0.25) is 4.98 Å². The van der Waals surface area contributed by atoms with Gasteiger partial charge in [0.1, 0.15) is 5.82 Å². The normalized spacial score (nSPS) is 14.9. The lowest BCUT2D eigenvalue weighted by molar-refractivity contribution is 0.106. The molecule has 1 N–H and O–H groups in total. The standard InChI is InChI=1S/C10H15FN2O/c1-7(8(2)14-3)13-10-4-9(11)5-12-6-10/h4-8,13H,1-3H3. The molecule has 4 heteroatoms. The molecule has 2 unspecified atom stereocenters. The molecule has 0 bridgehead atoms. The molecular weight excluding hydrogens is 183 g/mol. The van der Waals surface area contributed by atoms with Crippen LogP contribution in [0, 0.1) is 5.82 Å². The summed E-state index contributed by atoms with van der Waals surface area (Å²) < 4.78 is 17.9. The van der Waals surface area contributed by atoms with E-state index >= 15 is 0 Å². The van der Waals surface area contributed by atoms with E-state index in [-0.39, 0.29) is 18.0 Å². The van der Waals surface area contributed by atoms with Gasteiger partial charge in [-0.2, -0.15) is 0 Å². The Morgan fingerprint density at radius 1 is 1.43 bits per heavy atom. The van der Waals surface area contributed by atoms with Crippen molar-refractivity contribution in [1.82, 2.24) is 4.98 Å². The molecule has 0 aliphatic rings. The molecule has 1 aromatic rings. The highest BCUT2D eigenvalue weighted by atomic mass is 19.1. The van der Waals surface area contributed by atoms with Crippen molar-refractivity contribution in [3.63, 3.8) is 0 Å². The highest BCUT2D eigenvalue weighted by Crippen LogP contribution is 2.10. The SMILES string of the molecule is COC(C)C(C)Nc1cncc(F)c1. The summed E-state index contributed by atoms with van der Waals surface area (Å²) in [5.41, 5.74) is 0.668. The molecule has 0 radical (unpaired) electrons. The van der Waals surface area contributed by atoms with Crippen molar-refractivity contribution < 1.29 is 9.13 Å². The summed E-state index contributed by atoms with van der Waals surface area (Å²) in [7, 11) is 1.65. The molecule has 2 atom stereocenters. The van der Waals surface area contributed by atoms with Crippen LogP contribution >= 0.6 is 0 Å². The molecule has 0 fully saturated rings. The van der Waals surface area contributed by atoms with Crippen LogP contribution in [0.2, 0.25) is 0 Å². The van der Waals surface area contributed by atoms with E-state index in [2.05, 4.69) is 10.3 Å². The van der Waals surface area contributed by atoms with Gasteiger partial charge in [0.2, 0.25) is 0 Å². The van der Waals surface area contributed by atoms with Gasteiger partial charge in [0.05, 0.1) is 24.2 Å². The number of pyridine rings is 1. The second-order valence-electron chi connectivity index (χ2n) is 3.27. The maximum absolute atomic E-state index is 12.8. The molecule has 0 saturated heterocycles. The van der Waals surface area contributed by atoms with Crippen LogP contribution < -0.4 is 5.32 Å². The number of ether oxygens (including phenoxy) is 1. The van der Waals surface area contributed by atoms with Crippen molar-refractivity contribution in [1.29, 1.82) is 0 Å². The van der Waals surface area contributed by atoms with E-state index in [0.29, 0.717) is 5.69 Å². The van der Waals surface area contributed by atoms with Crippen molar-refractivity contribution in [3.8, 4) is 0 Å². The zero-order valence-corrected chi connectivity index (χ0v) is 8.62. The van der Waals surface area contributed by atoms with Crippen LogP contribution in [0.3, 0.4) is 0 Å². The van der Waals surface area contributed by atoms with Crippen LogP contribution in [0.5, 0.6) is 0 Å². The van der Waals surface area contributed by atoms with E-state index < -0.39 is 0 Å². The quantitative estimate of drug-likeness (QED) is 0.804. The highest BCUT2D eigenvalue weighted by Gasteiger charge is 2.10. The van der Waals surface area contributed by atoms with Gasteiger partial charge in [0.15, 0.2) is 0 Å². The third-order valence-corrected chi connectivity index (χ3v) is 2.18. The lowest BCUT2D eigenvalue weighted by Crippen LogP contribution is -2.29. The van der Waals surface area contributed by atoms with Crippen LogP contribution in [-0.2, 0) is 4.74 Å². The first-order chi connectivity index (χ1) is 6.63. The third kappa shape index (κ3) is 2.96. The lowest BCUT2D eigenvalue weighted by Gasteiger charge is -2.20. The van der Waals surface area contributed by atoms with Gasteiger partial charge in [0, 0.05) is 19.2 Å². The number of nitrogens with zero attached hydrogens (tertiary/aromatic N) is 1. The van der Waals surface area contributed by atoms with Crippen LogP contribution in [0.1, 0.15) is 13.8 Å². The number of halogens is 1. The van der Waals surface area contributed by atoms with Crippen LogP contribution in [0.15, 0.2) is 18.5 Å². The largest absolute Gasteiger partial charge is 0.380 e. The molecule has 0 aliphatic carbocycles. The number of aromatic nitrogens is 1. The van der Waals surface area contributed by atoms with Gasteiger partial charge in [-0.15, -0.1) is 0 Å². The molecule has 78 valence electrons. The van der Waals surface area contributed by atoms with Gasteiger partial charge in [-0.25, -0.2) is 4.39 Å². The summed E-state index contributed by atoms with van der Waals surface area (Å²) >= 11 is 0. The minimum atomic E-state index is -0.340. The predicted molar refractivity (Wildman–Crippen MR) is 53.8 cm³/mol. The van der Waals surface area contributed by atoms with E-state index in [9.17, 15) is 4.39 Å². The van der Waals surface area contributed by atoms with Gasteiger partial charge < -0.3 is 10.1 Å². The Morgan fingerprint density at radius 3 is 2.71 bits per heavy atom. The van der Waals surface area contributed by atoms with Crippen molar-refractivity contribution in [2.24, 2.45) is 0 Å². The Hall–Kier alpha value is -1.16. The molecule has 0 aliphatic heterocycles. The molecule has 3 nitrogen and oxygen atoms in total. The number of methoxy groups -OCH3 is 1. The van der Waals surface area contributed by atoms with Gasteiger partial charge in [0.25, 0.3) is 0 Å². The average molecular weight is 198 g/mol. The van der Waals surface area contributed by atoms with Crippen LogP contribution in [-0.4, -0.2) is 24.2 Å². The van der Waals surface area contributed by atoms with E-state index in [1.807, 2.05) is 13.8 Å². The van der Waals surface area contributed by atoms with Crippen molar-refractivity contribution in [2.75, 3.05) is 12.4 Å². The summed E-state index contributed by atoms with van der Waals surface area (Å²) in [4.78, 5) is 3.74. The maximum Gasteiger partial charge on any atom is 0.143 e. The molecule has 0 spiro atoms. The summed E-state index contributed by atoms with van der Waals surface area (Å²) in [6, 6.07) is 1.52. The Morgan fingerprint density at radius 2 is 2.14 bits per heavy atom. The zero-order chi connectivity index (χ0) is 10.6. The Bertz CT molecular complexity index is 293. The maximum atomic E-state index is 12.8. The average Bonchev–Trinajstić information content (AvgIpc) is 2.16. The first kappa shape index (κ1) is 10.9. The molecule has 0 aromatic carbocycles. The fraction of sp³-hybridized carbons (Fsp3) is 0.500. The molecule has 1 rings (SSSR count). The number of nitrogens with one attached hydrogen (secondary N) is 1. The topological polar surface area (TPSA) is 34.1 Å². The second-order valence-corrected chi connectivity index (χ2v) is 3.27. The fourth-order valence-electron chi connectivity index (χ4n) is 1.08. The van der Waals surface area contributed by atoms with Crippen molar-refractivity contribution in [2.45, 2.75) is 26.0 Å². The first-order valence-electron chi connectivity index (χ1n) is 4.53. The van der Waals surface area contributed by atoms with Crippen LogP contribution in [0.25, 0.3) is 0 Å². The molecule has 0 saturated carbocycles. The highest BCUT2D eigenvalue weighted by molar-refractivity contribution is 5.41. The van der Waals surface area contributed by atoms with E-state index in [1.165, 1.54) is 12.3 Å². The number of rotatable bonds is 4. The Balaban J connectivity index is 2.60. The molecule has 1 aromatic heterocycles. The fourth-order valence-corrected chi connectivity index (χ4v) is 1.08. The van der Waals surface area contributed by atoms with Gasteiger partial charge in [-0.1, -0.05) is 0 Å². The van der Waals surface area contributed by atoms with Gasteiger partial charge >= 0.3 is 0 Å². The molecular formula is C10H15FN2O. The van der Waals surface area contributed by atoms with Gasteiger partial charge in [-0.05, 0) is 13.8 Å². The summed E-state index contributed by atoms with van der Waals surface area (Å²) in [6.07, 6.45) is 2.83. The third-order valence-electron chi connectivity index (χ3n) is 2.18. The number of anilines is 1. The lowest BCUT2D eigenvalue weighted by atomic mass is 10.2. The Kier molecular flexibility index (Phi) is 3.83. The van der Waals surface area contributed by atoms with E-state index in [4.69, 9.17) is 4.74 Å². The van der Waals surface area contributed by atoms with Crippen molar-refractivity contribution >= 4 is 5.69 Å². The minimum absolute atomic E-state index is 0.0678. The van der Waals surface area contributed by atoms with E-state index in [1.54, 1.807) is 13.3 Å². The van der Waals surface area contributed by atoms with E-state index in [0.717, 1.165) is 0 Å². The Labute approximate surface area is 83.3 Å². The number of hydrogen-bond donors (Lipinski definition) is 1.